The van der Waals surface area contributed by atoms with Crippen molar-refractivity contribution in [2.45, 2.75) is 17.9 Å². The van der Waals surface area contributed by atoms with Crippen LogP contribution < -0.4 is 14.9 Å². The number of nitrogens with zero attached hydrogens (tertiary/aromatic N) is 2. The van der Waals surface area contributed by atoms with E-state index in [9.17, 15) is 13.2 Å². The van der Waals surface area contributed by atoms with Gasteiger partial charge in [-0.15, -0.1) is 0 Å². The molecule has 29 heavy (non-hydrogen) atoms. The Labute approximate surface area is 169 Å². The van der Waals surface area contributed by atoms with Crippen LogP contribution in [-0.4, -0.2) is 52.5 Å². The summed E-state index contributed by atoms with van der Waals surface area (Å²) < 4.78 is 32.3. The lowest BCUT2D eigenvalue weighted by Crippen LogP contribution is -2.37. The number of anilines is 2. The summed E-state index contributed by atoms with van der Waals surface area (Å²) in [6, 6.07) is 13.4. The van der Waals surface area contributed by atoms with Crippen LogP contribution in [0, 0.1) is 0 Å². The first kappa shape index (κ1) is 19.4. The number of fused-ring (bicyclic) bond motifs is 1. The molecule has 2 aliphatic rings. The van der Waals surface area contributed by atoms with Crippen molar-refractivity contribution in [2.75, 3.05) is 36.5 Å². The van der Waals surface area contributed by atoms with Crippen molar-refractivity contribution in [3.63, 3.8) is 0 Å². The summed E-state index contributed by atoms with van der Waals surface area (Å²) in [5.41, 5.74) is 2.09. The minimum absolute atomic E-state index is 0.170. The summed E-state index contributed by atoms with van der Waals surface area (Å²) in [6.45, 7) is 4.43. The van der Waals surface area contributed by atoms with E-state index < -0.39 is 16.1 Å². The van der Waals surface area contributed by atoms with E-state index in [1.807, 2.05) is 24.3 Å². The van der Waals surface area contributed by atoms with E-state index in [0.717, 1.165) is 18.8 Å². The first-order valence-electron chi connectivity index (χ1n) is 9.38. The fraction of sp³-hybridized carbons (Fsp3) is 0.300. The monoisotopic (exact) mass is 414 g/mol. The molecule has 2 aliphatic heterocycles. The van der Waals surface area contributed by atoms with E-state index in [1.54, 1.807) is 25.1 Å². The molecule has 0 unspecified atom stereocenters. The Balaban J connectivity index is 1.54. The molecule has 1 amide bonds. The molecule has 2 aromatic rings. The van der Waals surface area contributed by atoms with Crippen LogP contribution in [0.5, 0.6) is 0 Å². The molecule has 1 fully saturated rings. The maximum Gasteiger partial charge on any atom is 0.263 e. The molecule has 0 radical (unpaired) electrons. The predicted molar refractivity (Wildman–Crippen MR) is 111 cm³/mol. The molecule has 0 aromatic heterocycles. The third-order valence-electron chi connectivity index (χ3n) is 4.88. The zero-order chi connectivity index (χ0) is 20.4. The molecule has 1 saturated heterocycles. The van der Waals surface area contributed by atoms with E-state index in [2.05, 4.69) is 19.9 Å². The summed E-state index contributed by atoms with van der Waals surface area (Å²) in [5, 5.41) is 2.92. The minimum Gasteiger partial charge on any atom is -0.378 e. The number of carbonyl (C=O) groups excluding carboxylic acids is 1. The van der Waals surface area contributed by atoms with Crippen molar-refractivity contribution in [1.29, 1.82) is 0 Å². The number of hydrogen-bond donors (Lipinski definition) is 2. The van der Waals surface area contributed by atoms with E-state index in [-0.39, 0.29) is 16.6 Å². The van der Waals surface area contributed by atoms with Gasteiger partial charge in [0, 0.05) is 18.7 Å². The molecule has 2 aromatic carbocycles. The topological polar surface area (TPSA) is 100 Å². The second-order valence-electron chi connectivity index (χ2n) is 6.86. The lowest BCUT2D eigenvalue weighted by molar-refractivity contribution is -0.117. The molecule has 1 atom stereocenters. The zero-order valence-electron chi connectivity index (χ0n) is 16.0. The smallest absolute Gasteiger partial charge is 0.263 e. The molecule has 9 heteroatoms. The second-order valence-corrected chi connectivity index (χ2v) is 8.51. The normalized spacial score (nSPS) is 20.0. The van der Waals surface area contributed by atoms with Crippen LogP contribution in [0.15, 0.2) is 58.4 Å². The van der Waals surface area contributed by atoms with Crippen LogP contribution in [0.3, 0.4) is 0 Å². The van der Waals surface area contributed by atoms with Crippen molar-refractivity contribution in [2.24, 2.45) is 4.99 Å². The number of hydrogen-bond acceptors (Lipinski definition) is 6. The molecule has 0 spiro atoms. The fourth-order valence-corrected chi connectivity index (χ4v) is 4.62. The third kappa shape index (κ3) is 3.96. The summed E-state index contributed by atoms with van der Waals surface area (Å²) >= 11 is 0. The maximum atomic E-state index is 12.8. The number of para-hydroxylation sites is 2. The third-order valence-corrected chi connectivity index (χ3v) is 6.28. The van der Waals surface area contributed by atoms with Gasteiger partial charge in [0.05, 0.1) is 29.5 Å². The number of rotatable bonds is 4. The molecule has 0 bridgehead atoms. The largest absolute Gasteiger partial charge is 0.378 e. The number of benzene rings is 2. The number of ether oxygens (including phenoxy) is 1. The Morgan fingerprint density at radius 3 is 2.62 bits per heavy atom. The van der Waals surface area contributed by atoms with Crippen molar-refractivity contribution in [3.05, 3.63) is 54.1 Å². The Hall–Kier alpha value is -2.91. The summed E-state index contributed by atoms with van der Waals surface area (Å²) in [5.74, 6) is -0.133. The van der Waals surface area contributed by atoms with Crippen molar-refractivity contribution in [3.8, 4) is 0 Å². The zero-order valence-corrected chi connectivity index (χ0v) is 16.8. The van der Waals surface area contributed by atoms with Crippen molar-refractivity contribution >= 4 is 33.1 Å². The molecule has 4 rings (SSSR count). The van der Waals surface area contributed by atoms with Gasteiger partial charge in [-0.25, -0.2) is 8.42 Å². The number of amidine groups is 1. The molecule has 0 aliphatic carbocycles. The van der Waals surface area contributed by atoms with Gasteiger partial charge in [0.25, 0.3) is 10.0 Å². The van der Waals surface area contributed by atoms with Crippen LogP contribution in [-0.2, 0) is 19.6 Å². The number of carbonyl (C=O) groups is 1. The van der Waals surface area contributed by atoms with Crippen LogP contribution >= 0.6 is 0 Å². The number of amides is 1. The van der Waals surface area contributed by atoms with Crippen molar-refractivity contribution in [1.82, 2.24) is 4.72 Å². The standard InChI is InChI=1S/C20H22N4O4S/c1-14(21-19-15-6-2-5-9-18(15)29(26,27)23-19)20(25)22-16-7-3-4-8-17(16)24-10-12-28-13-11-24/h2-9,14H,10-13H2,1H3,(H,21,23)(H,22,25)/t14-/m0/s1. The highest BCUT2D eigenvalue weighted by Gasteiger charge is 2.31. The Morgan fingerprint density at radius 2 is 1.83 bits per heavy atom. The van der Waals surface area contributed by atoms with E-state index >= 15 is 0 Å². The second kappa shape index (κ2) is 7.84. The number of sulfonamides is 1. The SMILES string of the molecule is C[C@H](N=C1NS(=O)(=O)c2ccccc21)C(=O)Nc1ccccc1N1CCOCC1. The first-order chi connectivity index (χ1) is 14.0. The highest BCUT2D eigenvalue weighted by atomic mass is 32.2. The average molecular weight is 414 g/mol. The van der Waals surface area contributed by atoms with E-state index in [1.165, 1.54) is 6.07 Å². The quantitative estimate of drug-likeness (QED) is 0.791. The minimum atomic E-state index is -3.64. The average Bonchev–Trinajstić information content (AvgIpc) is 2.99. The Morgan fingerprint density at radius 1 is 1.14 bits per heavy atom. The summed E-state index contributed by atoms with van der Waals surface area (Å²) in [4.78, 5) is 19.4. The van der Waals surface area contributed by atoms with Gasteiger partial charge >= 0.3 is 0 Å². The Kier molecular flexibility index (Phi) is 5.25. The van der Waals surface area contributed by atoms with Gasteiger partial charge in [0.2, 0.25) is 5.91 Å². The van der Waals surface area contributed by atoms with Gasteiger partial charge in [-0.05, 0) is 31.2 Å². The molecule has 8 nitrogen and oxygen atoms in total. The molecule has 2 heterocycles. The maximum absolute atomic E-state index is 12.8. The lowest BCUT2D eigenvalue weighted by atomic mass is 10.2. The lowest BCUT2D eigenvalue weighted by Gasteiger charge is -2.30. The summed E-state index contributed by atoms with van der Waals surface area (Å²) in [7, 11) is -3.64. The number of aliphatic imine (C=N–C) groups is 1. The summed E-state index contributed by atoms with van der Waals surface area (Å²) in [6.07, 6.45) is 0. The molecular formula is C20H22N4O4S. The van der Waals surface area contributed by atoms with E-state index in [4.69, 9.17) is 4.74 Å². The van der Waals surface area contributed by atoms with Gasteiger partial charge in [-0.2, -0.15) is 0 Å². The van der Waals surface area contributed by atoms with Crippen LogP contribution in [0.4, 0.5) is 11.4 Å². The number of morpholine rings is 1. The molecule has 152 valence electrons. The van der Waals surface area contributed by atoms with E-state index in [0.29, 0.717) is 24.5 Å². The number of nitrogens with one attached hydrogen (secondary N) is 2. The van der Waals surface area contributed by atoms with Crippen LogP contribution in [0.2, 0.25) is 0 Å². The van der Waals surface area contributed by atoms with Gasteiger partial charge < -0.3 is 15.0 Å². The van der Waals surface area contributed by atoms with Crippen molar-refractivity contribution < 1.29 is 17.9 Å². The predicted octanol–water partition coefficient (Wildman–Crippen LogP) is 1.59. The molecular weight excluding hydrogens is 392 g/mol. The van der Waals surface area contributed by atoms with Gasteiger partial charge in [0.1, 0.15) is 11.9 Å². The van der Waals surface area contributed by atoms with Gasteiger partial charge in [-0.3, -0.25) is 14.5 Å². The fourth-order valence-electron chi connectivity index (χ4n) is 3.38. The van der Waals surface area contributed by atoms with Gasteiger partial charge in [-0.1, -0.05) is 24.3 Å². The highest BCUT2D eigenvalue weighted by Crippen LogP contribution is 2.27. The first-order valence-corrected chi connectivity index (χ1v) is 10.9. The molecule has 2 N–H and O–H groups in total. The van der Waals surface area contributed by atoms with Crippen LogP contribution in [0.1, 0.15) is 12.5 Å². The highest BCUT2D eigenvalue weighted by molar-refractivity contribution is 7.90. The van der Waals surface area contributed by atoms with Crippen LogP contribution in [0.25, 0.3) is 0 Å². The molecule has 0 saturated carbocycles. The van der Waals surface area contributed by atoms with Gasteiger partial charge in [0.15, 0.2) is 0 Å². The Bertz CT molecular complexity index is 1060.